The van der Waals surface area contributed by atoms with Crippen LogP contribution >= 0.6 is 15.9 Å². The number of rotatable bonds is 4. The van der Waals surface area contributed by atoms with Crippen LogP contribution in [0.3, 0.4) is 0 Å². The van der Waals surface area contributed by atoms with Gasteiger partial charge in [0, 0.05) is 17.6 Å². The molecule has 0 saturated carbocycles. The lowest BCUT2D eigenvalue weighted by Gasteiger charge is -2.29. The Labute approximate surface area is 122 Å². The molecule has 2 N–H and O–H groups in total. The van der Waals surface area contributed by atoms with Gasteiger partial charge in [0.1, 0.15) is 0 Å². The highest BCUT2D eigenvalue weighted by molar-refractivity contribution is 9.10. The van der Waals surface area contributed by atoms with Crippen LogP contribution in [0, 0.1) is 0 Å². The smallest absolute Gasteiger partial charge is 0.276 e. The van der Waals surface area contributed by atoms with Crippen molar-refractivity contribution in [2.24, 2.45) is 5.14 Å². The van der Waals surface area contributed by atoms with Gasteiger partial charge in [-0.05, 0) is 30.5 Å². The van der Waals surface area contributed by atoms with Gasteiger partial charge in [-0.1, -0.05) is 28.1 Å². The zero-order valence-electron chi connectivity index (χ0n) is 10.5. The molecule has 1 saturated heterocycles. The van der Waals surface area contributed by atoms with E-state index in [1.54, 1.807) is 0 Å². The van der Waals surface area contributed by atoms with Crippen molar-refractivity contribution in [2.75, 3.05) is 13.1 Å². The molecule has 1 aliphatic rings. The molecule has 0 amide bonds. The predicted octanol–water partition coefficient (Wildman–Crippen LogP) is 1.63. The Morgan fingerprint density at radius 3 is 2.37 bits per heavy atom. The summed E-state index contributed by atoms with van der Waals surface area (Å²) in [5, 5.41) is 5.09. The Bertz CT molecular complexity index is 510. The number of hydrogen-bond acceptors (Lipinski definition) is 3. The highest BCUT2D eigenvalue weighted by Crippen LogP contribution is 2.17. The SMILES string of the molecule is NS(=O)(=O)N1CCC(OCc2ccc(Br)cc2)CC1. The van der Waals surface area contributed by atoms with Crippen molar-refractivity contribution in [3.8, 4) is 0 Å². The van der Waals surface area contributed by atoms with Crippen molar-refractivity contribution >= 4 is 26.1 Å². The maximum atomic E-state index is 11.2. The van der Waals surface area contributed by atoms with E-state index < -0.39 is 10.2 Å². The molecule has 0 bridgehead atoms. The van der Waals surface area contributed by atoms with Gasteiger partial charge in [0.15, 0.2) is 0 Å². The maximum Gasteiger partial charge on any atom is 0.276 e. The fourth-order valence-corrected chi connectivity index (χ4v) is 3.03. The molecule has 0 unspecified atom stereocenters. The summed E-state index contributed by atoms with van der Waals surface area (Å²) in [5.74, 6) is 0. The van der Waals surface area contributed by atoms with Crippen LogP contribution in [0.15, 0.2) is 28.7 Å². The van der Waals surface area contributed by atoms with Crippen molar-refractivity contribution in [3.05, 3.63) is 34.3 Å². The van der Waals surface area contributed by atoms with Gasteiger partial charge in [-0.3, -0.25) is 0 Å². The Morgan fingerprint density at radius 2 is 1.84 bits per heavy atom. The number of benzene rings is 1. The number of ether oxygens (including phenoxy) is 1. The molecule has 0 spiro atoms. The molecule has 0 radical (unpaired) electrons. The fraction of sp³-hybridized carbons (Fsp3) is 0.500. The lowest BCUT2D eigenvalue weighted by atomic mass is 10.1. The van der Waals surface area contributed by atoms with E-state index in [9.17, 15) is 8.42 Å². The average Bonchev–Trinajstić information content (AvgIpc) is 2.37. The zero-order valence-corrected chi connectivity index (χ0v) is 12.9. The van der Waals surface area contributed by atoms with Crippen molar-refractivity contribution in [2.45, 2.75) is 25.6 Å². The maximum absolute atomic E-state index is 11.2. The Kier molecular flexibility index (Phi) is 4.97. The topological polar surface area (TPSA) is 72.6 Å². The van der Waals surface area contributed by atoms with E-state index in [0.717, 1.165) is 10.0 Å². The van der Waals surface area contributed by atoms with E-state index >= 15 is 0 Å². The number of nitrogens with zero attached hydrogens (tertiary/aromatic N) is 1. The van der Waals surface area contributed by atoms with Crippen LogP contribution in [0.5, 0.6) is 0 Å². The summed E-state index contributed by atoms with van der Waals surface area (Å²) in [6, 6.07) is 7.96. The third-order valence-corrected chi connectivity index (χ3v) is 4.77. The third-order valence-electron chi connectivity index (χ3n) is 3.16. The van der Waals surface area contributed by atoms with Gasteiger partial charge in [-0.2, -0.15) is 12.7 Å². The summed E-state index contributed by atoms with van der Waals surface area (Å²) in [5.41, 5.74) is 1.11. The minimum Gasteiger partial charge on any atom is -0.373 e. The summed E-state index contributed by atoms with van der Waals surface area (Å²) in [7, 11) is -3.55. The minimum atomic E-state index is -3.55. The Morgan fingerprint density at radius 1 is 1.26 bits per heavy atom. The number of hydrogen-bond donors (Lipinski definition) is 1. The van der Waals surface area contributed by atoms with Gasteiger partial charge in [-0.15, -0.1) is 0 Å². The van der Waals surface area contributed by atoms with E-state index in [2.05, 4.69) is 15.9 Å². The monoisotopic (exact) mass is 348 g/mol. The van der Waals surface area contributed by atoms with Gasteiger partial charge < -0.3 is 4.74 Å². The van der Waals surface area contributed by atoms with Crippen LogP contribution in [0.2, 0.25) is 0 Å². The second-order valence-electron chi connectivity index (χ2n) is 4.58. The summed E-state index contributed by atoms with van der Waals surface area (Å²) in [4.78, 5) is 0. The lowest BCUT2D eigenvalue weighted by Crippen LogP contribution is -2.43. The summed E-state index contributed by atoms with van der Waals surface area (Å²) >= 11 is 3.38. The van der Waals surface area contributed by atoms with E-state index in [1.807, 2.05) is 24.3 Å². The van der Waals surface area contributed by atoms with Crippen LogP contribution in [0.1, 0.15) is 18.4 Å². The van der Waals surface area contributed by atoms with Gasteiger partial charge in [0.25, 0.3) is 10.2 Å². The molecule has 2 rings (SSSR count). The van der Waals surface area contributed by atoms with Crippen LogP contribution in [0.4, 0.5) is 0 Å². The van der Waals surface area contributed by atoms with Crippen LogP contribution < -0.4 is 5.14 Å². The Balaban J connectivity index is 1.78. The van der Waals surface area contributed by atoms with E-state index in [0.29, 0.717) is 32.5 Å². The molecule has 106 valence electrons. The number of nitrogens with two attached hydrogens (primary N) is 1. The first kappa shape index (κ1) is 14.9. The van der Waals surface area contributed by atoms with E-state index in [1.165, 1.54) is 4.31 Å². The first-order chi connectivity index (χ1) is 8.95. The van der Waals surface area contributed by atoms with Crippen LogP contribution in [-0.2, 0) is 21.6 Å². The molecule has 1 aromatic carbocycles. The van der Waals surface area contributed by atoms with E-state index in [-0.39, 0.29) is 6.10 Å². The Hall–Kier alpha value is -0.470. The number of halogens is 1. The molecule has 0 aliphatic carbocycles. The van der Waals surface area contributed by atoms with Crippen molar-refractivity contribution in [1.82, 2.24) is 4.31 Å². The first-order valence-corrected chi connectivity index (χ1v) is 8.39. The lowest BCUT2D eigenvalue weighted by molar-refractivity contribution is 0.0102. The minimum absolute atomic E-state index is 0.0987. The van der Waals surface area contributed by atoms with Crippen LogP contribution in [0.25, 0.3) is 0 Å². The quantitative estimate of drug-likeness (QED) is 0.898. The molecule has 5 nitrogen and oxygen atoms in total. The summed E-state index contributed by atoms with van der Waals surface area (Å²) < 4.78 is 30.5. The molecular weight excluding hydrogens is 332 g/mol. The van der Waals surface area contributed by atoms with Crippen LogP contribution in [-0.4, -0.2) is 31.9 Å². The van der Waals surface area contributed by atoms with Crippen molar-refractivity contribution in [3.63, 3.8) is 0 Å². The first-order valence-electron chi connectivity index (χ1n) is 6.09. The number of piperidine rings is 1. The van der Waals surface area contributed by atoms with E-state index in [4.69, 9.17) is 9.88 Å². The molecule has 7 heteroatoms. The normalized spacial score (nSPS) is 18.6. The molecule has 0 atom stereocenters. The second-order valence-corrected chi connectivity index (χ2v) is 7.04. The van der Waals surface area contributed by atoms with Gasteiger partial charge in [0.2, 0.25) is 0 Å². The van der Waals surface area contributed by atoms with Crippen molar-refractivity contribution < 1.29 is 13.2 Å². The standard InChI is InChI=1S/C12H17BrN2O3S/c13-11-3-1-10(2-4-11)9-18-12-5-7-15(8-6-12)19(14,16)17/h1-4,12H,5-9H2,(H2,14,16,17). The molecular formula is C12H17BrN2O3S. The molecule has 19 heavy (non-hydrogen) atoms. The summed E-state index contributed by atoms with van der Waals surface area (Å²) in [6.07, 6.45) is 1.47. The third kappa shape index (κ3) is 4.54. The average molecular weight is 349 g/mol. The highest BCUT2D eigenvalue weighted by Gasteiger charge is 2.25. The predicted molar refractivity (Wildman–Crippen MR) is 76.6 cm³/mol. The highest BCUT2D eigenvalue weighted by atomic mass is 79.9. The van der Waals surface area contributed by atoms with Gasteiger partial charge >= 0.3 is 0 Å². The van der Waals surface area contributed by atoms with Crippen molar-refractivity contribution in [1.29, 1.82) is 0 Å². The van der Waals surface area contributed by atoms with Gasteiger partial charge in [0.05, 0.1) is 12.7 Å². The molecule has 1 aliphatic heterocycles. The molecule has 0 aromatic heterocycles. The summed E-state index contributed by atoms with van der Waals surface area (Å²) in [6.45, 7) is 1.42. The molecule has 1 heterocycles. The largest absolute Gasteiger partial charge is 0.373 e. The van der Waals surface area contributed by atoms with Gasteiger partial charge in [-0.25, -0.2) is 5.14 Å². The second kappa shape index (κ2) is 6.32. The molecule has 1 aromatic rings. The fourth-order valence-electron chi connectivity index (χ4n) is 2.05. The molecule has 1 fully saturated rings. The zero-order chi connectivity index (χ0) is 13.9.